The summed E-state index contributed by atoms with van der Waals surface area (Å²) in [6.45, 7) is 5.15. The van der Waals surface area contributed by atoms with Crippen LogP contribution in [0.2, 0.25) is 0 Å². The van der Waals surface area contributed by atoms with Crippen LogP contribution < -0.4 is 15.2 Å². The molecule has 0 amide bonds. The first-order valence-electron chi connectivity index (χ1n) is 12.0. The minimum atomic E-state index is -0.0164. The first kappa shape index (κ1) is 22.3. The zero-order chi connectivity index (χ0) is 23.5. The number of piperazine rings is 1. The monoisotopic (exact) mass is 457 g/mol. The fourth-order valence-corrected chi connectivity index (χ4v) is 4.70. The second kappa shape index (κ2) is 9.81. The van der Waals surface area contributed by atoms with E-state index in [0.717, 1.165) is 74.7 Å². The largest absolute Gasteiger partial charge is 0.497 e. The van der Waals surface area contributed by atoms with Crippen LogP contribution in [-0.2, 0) is 13.5 Å². The van der Waals surface area contributed by atoms with Gasteiger partial charge in [0.15, 0.2) is 0 Å². The summed E-state index contributed by atoms with van der Waals surface area (Å²) in [4.78, 5) is 27.3. The van der Waals surface area contributed by atoms with Crippen LogP contribution in [-0.4, -0.2) is 59.3 Å². The lowest BCUT2D eigenvalue weighted by Crippen LogP contribution is -2.46. The van der Waals surface area contributed by atoms with E-state index >= 15 is 0 Å². The molecule has 5 rings (SSSR count). The van der Waals surface area contributed by atoms with Gasteiger partial charge >= 0.3 is 0 Å². The normalized spacial score (nSPS) is 14.7. The number of ether oxygens (including phenoxy) is 1. The standard InChI is InChI=1S/C27H31N5O2/c1-30-25(29-24-12-11-21(34-2)19-22(24)27(30)33)9-5-6-14-31-15-17-32(18-16-31)26-13-10-20-7-3-4-8-23(20)28-26/h3-4,7-8,10-13,19H,5-6,9,14-18H2,1-2H3. The van der Waals surface area contributed by atoms with Gasteiger partial charge in [-0.3, -0.25) is 14.3 Å². The van der Waals surface area contributed by atoms with Gasteiger partial charge in [0.05, 0.1) is 23.5 Å². The van der Waals surface area contributed by atoms with Crippen molar-refractivity contribution < 1.29 is 4.74 Å². The van der Waals surface area contributed by atoms with Crippen molar-refractivity contribution in [2.75, 3.05) is 44.7 Å². The zero-order valence-corrected chi connectivity index (χ0v) is 19.9. The molecule has 34 heavy (non-hydrogen) atoms. The van der Waals surface area contributed by atoms with Crippen LogP contribution in [0.25, 0.3) is 21.8 Å². The Morgan fingerprint density at radius 2 is 1.74 bits per heavy atom. The molecular formula is C27H31N5O2. The summed E-state index contributed by atoms with van der Waals surface area (Å²) in [5.74, 6) is 2.59. The Balaban J connectivity index is 1.13. The molecule has 1 aliphatic heterocycles. The minimum Gasteiger partial charge on any atom is -0.497 e. The number of hydrogen-bond acceptors (Lipinski definition) is 6. The molecule has 3 heterocycles. The van der Waals surface area contributed by atoms with Crippen LogP contribution in [0.1, 0.15) is 18.7 Å². The quantitative estimate of drug-likeness (QED) is 0.395. The van der Waals surface area contributed by atoms with Crippen molar-refractivity contribution >= 4 is 27.6 Å². The van der Waals surface area contributed by atoms with E-state index in [1.807, 2.05) is 25.2 Å². The highest BCUT2D eigenvalue weighted by Crippen LogP contribution is 2.20. The number of para-hydroxylation sites is 1. The van der Waals surface area contributed by atoms with Gasteiger partial charge < -0.3 is 9.64 Å². The molecule has 0 radical (unpaired) electrons. The van der Waals surface area contributed by atoms with E-state index in [1.165, 1.54) is 5.39 Å². The minimum absolute atomic E-state index is 0.0164. The van der Waals surface area contributed by atoms with Gasteiger partial charge in [-0.2, -0.15) is 0 Å². The number of benzene rings is 2. The summed E-state index contributed by atoms with van der Waals surface area (Å²) in [7, 11) is 3.41. The highest BCUT2D eigenvalue weighted by molar-refractivity contribution is 5.80. The van der Waals surface area contributed by atoms with Crippen molar-refractivity contribution in [3.05, 3.63) is 70.8 Å². The molecule has 2 aromatic heterocycles. The maximum atomic E-state index is 12.8. The summed E-state index contributed by atoms with van der Waals surface area (Å²) >= 11 is 0. The van der Waals surface area contributed by atoms with Crippen LogP contribution in [0.5, 0.6) is 5.75 Å². The first-order valence-corrected chi connectivity index (χ1v) is 12.0. The second-order valence-electron chi connectivity index (χ2n) is 8.92. The van der Waals surface area contributed by atoms with Gasteiger partial charge in [0.1, 0.15) is 17.4 Å². The number of methoxy groups -OCH3 is 1. The molecule has 1 aliphatic rings. The van der Waals surface area contributed by atoms with Gasteiger partial charge in [-0.05, 0) is 55.8 Å². The molecule has 0 bridgehead atoms. The smallest absolute Gasteiger partial charge is 0.261 e. The van der Waals surface area contributed by atoms with Crippen molar-refractivity contribution in [3.63, 3.8) is 0 Å². The van der Waals surface area contributed by atoms with Gasteiger partial charge in [0.2, 0.25) is 0 Å². The maximum Gasteiger partial charge on any atom is 0.261 e. The lowest BCUT2D eigenvalue weighted by Gasteiger charge is -2.35. The Bertz CT molecular complexity index is 1360. The Labute approximate surface area is 199 Å². The van der Waals surface area contributed by atoms with Crippen molar-refractivity contribution in [1.82, 2.24) is 19.4 Å². The van der Waals surface area contributed by atoms with E-state index in [0.29, 0.717) is 11.1 Å². The van der Waals surface area contributed by atoms with Crippen molar-refractivity contribution in [2.24, 2.45) is 7.05 Å². The van der Waals surface area contributed by atoms with Crippen LogP contribution in [0, 0.1) is 0 Å². The van der Waals surface area contributed by atoms with E-state index in [1.54, 1.807) is 17.7 Å². The molecule has 0 N–H and O–H groups in total. The van der Waals surface area contributed by atoms with E-state index in [4.69, 9.17) is 14.7 Å². The molecule has 7 heteroatoms. The molecule has 0 atom stereocenters. The van der Waals surface area contributed by atoms with Gasteiger partial charge in [-0.25, -0.2) is 9.97 Å². The third kappa shape index (κ3) is 4.61. The summed E-state index contributed by atoms with van der Waals surface area (Å²) in [6.07, 6.45) is 2.90. The molecule has 0 spiro atoms. The molecule has 0 saturated carbocycles. The zero-order valence-electron chi connectivity index (χ0n) is 19.9. The fourth-order valence-electron chi connectivity index (χ4n) is 4.70. The van der Waals surface area contributed by atoms with E-state index < -0.39 is 0 Å². The molecule has 176 valence electrons. The first-order chi connectivity index (χ1) is 16.6. The number of unbranched alkanes of at least 4 members (excludes halogenated alkanes) is 1. The lowest BCUT2D eigenvalue weighted by molar-refractivity contribution is 0.252. The van der Waals surface area contributed by atoms with Gasteiger partial charge in [0.25, 0.3) is 5.56 Å². The molecule has 4 aromatic rings. The molecule has 1 saturated heterocycles. The molecule has 1 fully saturated rings. The Kier molecular flexibility index (Phi) is 6.45. The number of pyridine rings is 1. The molecule has 0 unspecified atom stereocenters. The highest BCUT2D eigenvalue weighted by atomic mass is 16.5. The third-order valence-corrected chi connectivity index (χ3v) is 6.78. The van der Waals surface area contributed by atoms with Crippen molar-refractivity contribution in [3.8, 4) is 5.75 Å². The van der Waals surface area contributed by atoms with Crippen LogP contribution >= 0.6 is 0 Å². The van der Waals surface area contributed by atoms with Gasteiger partial charge in [0, 0.05) is 45.0 Å². The Morgan fingerprint density at radius 1 is 0.912 bits per heavy atom. The highest BCUT2D eigenvalue weighted by Gasteiger charge is 2.18. The SMILES string of the molecule is COc1ccc2nc(CCCCN3CCN(c4ccc5ccccc5n4)CC3)n(C)c(=O)c2c1. The lowest BCUT2D eigenvalue weighted by atomic mass is 10.2. The maximum absolute atomic E-state index is 12.8. The van der Waals surface area contributed by atoms with Crippen molar-refractivity contribution in [1.29, 1.82) is 0 Å². The summed E-state index contributed by atoms with van der Waals surface area (Å²) < 4.78 is 6.92. The number of hydrogen-bond donors (Lipinski definition) is 0. The topological polar surface area (TPSA) is 63.5 Å². The average Bonchev–Trinajstić information content (AvgIpc) is 2.89. The second-order valence-corrected chi connectivity index (χ2v) is 8.92. The average molecular weight is 458 g/mol. The number of aromatic nitrogens is 3. The van der Waals surface area contributed by atoms with E-state index in [9.17, 15) is 4.79 Å². The molecule has 0 aliphatic carbocycles. The van der Waals surface area contributed by atoms with E-state index in [2.05, 4.69) is 40.1 Å². The van der Waals surface area contributed by atoms with E-state index in [-0.39, 0.29) is 5.56 Å². The third-order valence-electron chi connectivity index (χ3n) is 6.78. The van der Waals surface area contributed by atoms with Gasteiger partial charge in [-0.15, -0.1) is 0 Å². The Hall–Kier alpha value is -3.45. The van der Waals surface area contributed by atoms with Crippen LogP contribution in [0.15, 0.2) is 59.4 Å². The van der Waals surface area contributed by atoms with Crippen molar-refractivity contribution in [2.45, 2.75) is 19.3 Å². The number of nitrogens with zero attached hydrogens (tertiary/aromatic N) is 5. The molecule has 2 aromatic carbocycles. The predicted octanol–water partition coefficient (Wildman–Crippen LogP) is 3.64. The molecule has 7 nitrogen and oxygen atoms in total. The Morgan fingerprint density at radius 3 is 2.56 bits per heavy atom. The number of rotatable bonds is 7. The van der Waals surface area contributed by atoms with Crippen LogP contribution in [0.3, 0.4) is 0 Å². The fraction of sp³-hybridized carbons (Fsp3) is 0.370. The summed E-state index contributed by atoms with van der Waals surface area (Å²) in [5, 5.41) is 1.78. The molecular weight excluding hydrogens is 426 g/mol. The number of aryl methyl sites for hydroxylation is 1. The number of anilines is 1. The van der Waals surface area contributed by atoms with Gasteiger partial charge in [-0.1, -0.05) is 18.2 Å². The summed E-state index contributed by atoms with van der Waals surface area (Å²) in [6, 6.07) is 18.0. The summed E-state index contributed by atoms with van der Waals surface area (Å²) in [5.41, 5.74) is 1.77. The van der Waals surface area contributed by atoms with Crippen LogP contribution in [0.4, 0.5) is 5.82 Å². The predicted molar refractivity (Wildman–Crippen MR) is 137 cm³/mol. The number of fused-ring (bicyclic) bond motifs is 2.